The molecule has 86 valence electrons. The lowest BCUT2D eigenvalue weighted by Crippen LogP contribution is -2.49. The first-order valence-corrected chi connectivity index (χ1v) is 5.47. The van der Waals surface area contributed by atoms with Gasteiger partial charge in [0.15, 0.2) is 0 Å². The van der Waals surface area contributed by atoms with Crippen molar-refractivity contribution in [1.29, 1.82) is 0 Å². The quantitative estimate of drug-likeness (QED) is 0.553. The summed E-state index contributed by atoms with van der Waals surface area (Å²) in [4.78, 5) is 11.6. The number of nitrogens with one attached hydrogen (secondary N) is 2. The molecular weight excluding hydrogens is 196 g/mol. The molecule has 0 aromatic carbocycles. The first kappa shape index (κ1) is 10.9. The number of amides is 1. The minimum atomic E-state index is -0.367. The van der Waals surface area contributed by atoms with Crippen LogP contribution in [0.2, 0.25) is 0 Å². The van der Waals surface area contributed by atoms with E-state index in [4.69, 9.17) is 9.84 Å². The summed E-state index contributed by atoms with van der Waals surface area (Å²) in [6.45, 7) is 2.71. The van der Waals surface area contributed by atoms with Gasteiger partial charge in [0.05, 0.1) is 13.2 Å². The zero-order chi connectivity index (χ0) is 10.7. The Morgan fingerprint density at radius 1 is 1.60 bits per heavy atom. The molecule has 1 saturated heterocycles. The molecule has 0 aromatic rings. The SMILES string of the molecule is O=C(NCC1(CO)CC1)C1CNCCO1. The summed E-state index contributed by atoms with van der Waals surface area (Å²) in [5.74, 6) is -0.0677. The van der Waals surface area contributed by atoms with Gasteiger partial charge in [-0.2, -0.15) is 0 Å². The van der Waals surface area contributed by atoms with Gasteiger partial charge < -0.3 is 20.5 Å². The molecule has 1 atom stereocenters. The van der Waals surface area contributed by atoms with Crippen molar-refractivity contribution in [1.82, 2.24) is 10.6 Å². The fourth-order valence-corrected chi connectivity index (χ4v) is 1.69. The lowest BCUT2D eigenvalue weighted by atomic mass is 10.1. The van der Waals surface area contributed by atoms with Crippen molar-refractivity contribution in [3.63, 3.8) is 0 Å². The second-order valence-corrected chi connectivity index (χ2v) is 4.44. The van der Waals surface area contributed by atoms with Gasteiger partial charge in [-0.3, -0.25) is 4.79 Å². The summed E-state index contributed by atoms with van der Waals surface area (Å²) in [6.07, 6.45) is 1.65. The van der Waals surface area contributed by atoms with Gasteiger partial charge in [-0.25, -0.2) is 0 Å². The highest BCUT2D eigenvalue weighted by Gasteiger charge is 2.42. The Hall–Kier alpha value is -0.650. The predicted molar refractivity (Wildman–Crippen MR) is 54.4 cm³/mol. The maximum Gasteiger partial charge on any atom is 0.250 e. The third kappa shape index (κ3) is 2.68. The highest BCUT2D eigenvalue weighted by atomic mass is 16.5. The molecule has 0 aromatic heterocycles. The average molecular weight is 214 g/mol. The number of morpholine rings is 1. The predicted octanol–water partition coefficient (Wildman–Crippen LogP) is -1.14. The highest BCUT2D eigenvalue weighted by Crippen LogP contribution is 2.44. The molecule has 0 radical (unpaired) electrons. The monoisotopic (exact) mass is 214 g/mol. The number of hydrogen-bond donors (Lipinski definition) is 3. The fourth-order valence-electron chi connectivity index (χ4n) is 1.69. The van der Waals surface area contributed by atoms with Gasteiger partial charge >= 0.3 is 0 Å². The zero-order valence-corrected chi connectivity index (χ0v) is 8.79. The number of carbonyl (C=O) groups excluding carboxylic acids is 1. The molecule has 3 N–H and O–H groups in total. The van der Waals surface area contributed by atoms with E-state index in [1.165, 1.54) is 0 Å². The van der Waals surface area contributed by atoms with E-state index in [0.717, 1.165) is 19.4 Å². The second-order valence-electron chi connectivity index (χ2n) is 4.44. The molecule has 1 aliphatic carbocycles. The summed E-state index contributed by atoms with van der Waals surface area (Å²) in [5.41, 5.74) is -0.0300. The van der Waals surface area contributed by atoms with Gasteiger partial charge in [0, 0.05) is 25.0 Å². The van der Waals surface area contributed by atoms with Crippen molar-refractivity contribution in [2.45, 2.75) is 18.9 Å². The van der Waals surface area contributed by atoms with Crippen LogP contribution < -0.4 is 10.6 Å². The molecule has 5 heteroatoms. The van der Waals surface area contributed by atoms with Crippen LogP contribution in [-0.4, -0.2) is 50.0 Å². The summed E-state index contributed by atoms with van der Waals surface area (Å²) < 4.78 is 5.32. The molecule has 0 spiro atoms. The molecule has 1 saturated carbocycles. The molecule has 1 aliphatic heterocycles. The van der Waals surface area contributed by atoms with Crippen molar-refractivity contribution in [3.05, 3.63) is 0 Å². The standard InChI is InChI=1S/C10H18N2O3/c13-7-10(1-2-10)6-12-9(14)8-5-11-3-4-15-8/h8,11,13H,1-7H2,(H,12,14). The first-order chi connectivity index (χ1) is 7.26. The van der Waals surface area contributed by atoms with Gasteiger partial charge in [0.1, 0.15) is 6.10 Å². The van der Waals surface area contributed by atoms with E-state index in [-0.39, 0.29) is 24.0 Å². The van der Waals surface area contributed by atoms with Crippen LogP contribution >= 0.6 is 0 Å². The molecule has 5 nitrogen and oxygen atoms in total. The first-order valence-electron chi connectivity index (χ1n) is 5.47. The van der Waals surface area contributed by atoms with Gasteiger partial charge in [-0.15, -0.1) is 0 Å². The number of hydrogen-bond acceptors (Lipinski definition) is 4. The van der Waals surface area contributed by atoms with E-state index < -0.39 is 0 Å². The Morgan fingerprint density at radius 2 is 2.40 bits per heavy atom. The maximum atomic E-state index is 11.6. The number of aliphatic hydroxyl groups excluding tert-OH is 1. The Morgan fingerprint density at radius 3 is 2.93 bits per heavy atom. The Kier molecular flexibility index (Phi) is 3.23. The molecule has 15 heavy (non-hydrogen) atoms. The second kappa shape index (κ2) is 4.47. The number of aliphatic hydroxyl groups is 1. The van der Waals surface area contributed by atoms with Crippen LogP contribution in [0.4, 0.5) is 0 Å². The minimum Gasteiger partial charge on any atom is -0.396 e. The molecule has 1 unspecified atom stereocenters. The molecular formula is C10H18N2O3. The van der Waals surface area contributed by atoms with E-state index in [1.54, 1.807) is 0 Å². The summed E-state index contributed by atoms with van der Waals surface area (Å²) >= 11 is 0. The van der Waals surface area contributed by atoms with Gasteiger partial charge in [0.25, 0.3) is 0 Å². The minimum absolute atomic E-state index is 0.0300. The molecule has 2 aliphatic rings. The third-order valence-corrected chi connectivity index (χ3v) is 3.15. The van der Waals surface area contributed by atoms with Crippen LogP contribution in [0.1, 0.15) is 12.8 Å². The fraction of sp³-hybridized carbons (Fsp3) is 0.900. The van der Waals surface area contributed by atoms with Crippen molar-refractivity contribution < 1.29 is 14.6 Å². The summed E-state index contributed by atoms with van der Waals surface area (Å²) in [7, 11) is 0. The van der Waals surface area contributed by atoms with Crippen molar-refractivity contribution in [2.75, 3.05) is 32.8 Å². The smallest absolute Gasteiger partial charge is 0.250 e. The van der Waals surface area contributed by atoms with Gasteiger partial charge in [0.2, 0.25) is 5.91 Å². The van der Waals surface area contributed by atoms with Gasteiger partial charge in [-0.05, 0) is 12.8 Å². The Balaban J connectivity index is 1.72. The zero-order valence-electron chi connectivity index (χ0n) is 8.79. The topological polar surface area (TPSA) is 70.6 Å². The van der Waals surface area contributed by atoms with E-state index >= 15 is 0 Å². The van der Waals surface area contributed by atoms with Crippen molar-refractivity contribution in [3.8, 4) is 0 Å². The Bertz CT molecular complexity index is 235. The highest BCUT2D eigenvalue weighted by molar-refractivity contribution is 5.81. The molecule has 1 heterocycles. The average Bonchev–Trinajstić information content (AvgIpc) is 3.08. The van der Waals surface area contributed by atoms with Crippen LogP contribution in [0.15, 0.2) is 0 Å². The third-order valence-electron chi connectivity index (χ3n) is 3.15. The van der Waals surface area contributed by atoms with Crippen LogP contribution in [-0.2, 0) is 9.53 Å². The summed E-state index contributed by atoms with van der Waals surface area (Å²) in [5, 5.41) is 15.0. The largest absolute Gasteiger partial charge is 0.396 e. The number of rotatable bonds is 4. The lowest BCUT2D eigenvalue weighted by molar-refractivity contribution is -0.134. The van der Waals surface area contributed by atoms with Crippen LogP contribution in [0.3, 0.4) is 0 Å². The van der Waals surface area contributed by atoms with E-state index in [1.807, 2.05) is 0 Å². The normalized spacial score (nSPS) is 28.5. The maximum absolute atomic E-state index is 11.6. The molecule has 1 amide bonds. The van der Waals surface area contributed by atoms with E-state index in [9.17, 15) is 4.79 Å². The lowest BCUT2D eigenvalue weighted by Gasteiger charge is -2.23. The van der Waals surface area contributed by atoms with Crippen LogP contribution in [0.25, 0.3) is 0 Å². The number of carbonyl (C=O) groups is 1. The summed E-state index contributed by atoms with van der Waals surface area (Å²) in [6, 6.07) is 0. The Labute approximate surface area is 89.2 Å². The molecule has 2 rings (SSSR count). The van der Waals surface area contributed by atoms with E-state index in [2.05, 4.69) is 10.6 Å². The van der Waals surface area contributed by atoms with Crippen LogP contribution in [0.5, 0.6) is 0 Å². The van der Waals surface area contributed by atoms with Crippen LogP contribution in [0, 0.1) is 5.41 Å². The molecule has 2 fully saturated rings. The molecule has 0 bridgehead atoms. The number of ether oxygens (including phenoxy) is 1. The van der Waals surface area contributed by atoms with E-state index in [0.29, 0.717) is 19.7 Å². The van der Waals surface area contributed by atoms with Gasteiger partial charge in [-0.1, -0.05) is 0 Å². The van der Waals surface area contributed by atoms with Crippen molar-refractivity contribution in [2.24, 2.45) is 5.41 Å². The van der Waals surface area contributed by atoms with Crippen molar-refractivity contribution >= 4 is 5.91 Å².